The molecule has 1 aromatic carbocycles. The number of hydrogen-bond donors (Lipinski definition) is 2. The molecule has 0 aliphatic heterocycles. The molecule has 2 nitrogen and oxygen atoms in total. The summed E-state index contributed by atoms with van der Waals surface area (Å²) in [6, 6.07) is 4.12. The first-order valence-electron chi connectivity index (χ1n) is 6.92. The third-order valence-electron chi connectivity index (χ3n) is 4.19. The average molecular weight is 249 g/mol. The molecule has 2 N–H and O–H groups in total. The predicted molar refractivity (Wildman–Crippen MR) is 68.7 cm³/mol. The molecule has 0 amide bonds. The summed E-state index contributed by atoms with van der Waals surface area (Å²) < 4.78 is 13.1. The molecule has 0 bridgehead atoms. The van der Waals surface area contributed by atoms with Crippen LogP contribution < -0.4 is 5.32 Å². The van der Waals surface area contributed by atoms with Crippen LogP contribution in [0.4, 0.5) is 4.39 Å². The number of phenolic OH excluding ortho intramolecular Hbond substituents is 1. The maximum Gasteiger partial charge on any atom is 0.123 e. The molecule has 1 aromatic rings. The molecule has 0 spiro atoms. The lowest BCUT2D eigenvalue weighted by Gasteiger charge is -2.16. The van der Waals surface area contributed by atoms with Crippen molar-refractivity contribution >= 4 is 0 Å². The van der Waals surface area contributed by atoms with Crippen LogP contribution in [-0.2, 0) is 6.54 Å². The van der Waals surface area contributed by atoms with Crippen LogP contribution >= 0.6 is 0 Å². The molecule has 2 aliphatic rings. The first-order chi connectivity index (χ1) is 8.74. The molecule has 18 heavy (non-hydrogen) atoms. The van der Waals surface area contributed by atoms with Crippen molar-refractivity contribution in [3.63, 3.8) is 0 Å². The molecule has 0 saturated heterocycles. The zero-order chi connectivity index (χ0) is 12.5. The van der Waals surface area contributed by atoms with E-state index in [4.69, 9.17) is 0 Å². The van der Waals surface area contributed by atoms with Crippen molar-refractivity contribution in [3.8, 4) is 5.75 Å². The van der Waals surface area contributed by atoms with E-state index < -0.39 is 0 Å². The van der Waals surface area contributed by atoms with Gasteiger partial charge in [0, 0.05) is 12.1 Å². The molecule has 2 aliphatic carbocycles. The van der Waals surface area contributed by atoms with Gasteiger partial charge in [0.2, 0.25) is 0 Å². The van der Waals surface area contributed by atoms with Crippen LogP contribution in [0.5, 0.6) is 5.75 Å². The third-order valence-corrected chi connectivity index (χ3v) is 4.19. The first kappa shape index (κ1) is 12.0. The van der Waals surface area contributed by atoms with Crippen LogP contribution in [0.15, 0.2) is 18.2 Å². The highest BCUT2D eigenvalue weighted by molar-refractivity contribution is 5.32. The van der Waals surface area contributed by atoms with Crippen LogP contribution in [0.1, 0.15) is 31.2 Å². The van der Waals surface area contributed by atoms with Crippen molar-refractivity contribution in [2.75, 3.05) is 6.54 Å². The van der Waals surface area contributed by atoms with E-state index >= 15 is 0 Å². The minimum Gasteiger partial charge on any atom is -0.508 e. The Morgan fingerprint density at radius 3 is 2.50 bits per heavy atom. The molecule has 2 saturated carbocycles. The van der Waals surface area contributed by atoms with Gasteiger partial charge in [-0.3, -0.25) is 0 Å². The first-order valence-corrected chi connectivity index (χ1v) is 6.92. The fraction of sp³-hybridized carbons (Fsp3) is 0.600. The zero-order valence-electron chi connectivity index (χ0n) is 10.5. The van der Waals surface area contributed by atoms with Gasteiger partial charge in [0.1, 0.15) is 11.6 Å². The zero-order valence-corrected chi connectivity index (χ0v) is 10.5. The molecule has 98 valence electrons. The van der Waals surface area contributed by atoms with Crippen LogP contribution in [0.25, 0.3) is 0 Å². The second-order valence-electron chi connectivity index (χ2n) is 5.74. The number of rotatable bonds is 6. The molecule has 0 heterocycles. The van der Waals surface area contributed by atoms with Crippen molar-refractivity contribution in [1.29, 1.82) is 0 Å². The second kappa shape index (κ2) is 4.88. The van der Waals surface area contributed by atoms with Crippen molar-refractivity contribution < 1.29 is 9.50 Å². The fourth-order valence-electron chi connectivity index (χ4n) is 2.84. The minimum absolute atomic E-state index is 0.179. The Balaban J connectivity index is 1.52. The molecule has 3 rings (SSSR count). The highest BCUT2D eigenvalue weighted by Gasteiger charge is 2.40. The van der Waals surface area contributed by atoms with Crippen molar-refractivity contribution in [3.05, 3.63) is 29.6 Å². The standard InChI is InChI=1S/C15H20FNO/c16-13-5-6-15(18)12(7-13)8-17-9-14(10-1-2-10)11-3-4-11/h5-7,10-11,14,17-18H,1-4,8-9H2. The Morgan fingerprint density at radius 1 is 1.22 bits per heavy atom. The molecule has 2 fully saturated rings. The van der Waals surface area contributed by atoms with E-state index in [1.165, 1.54) is 43.9 Å². The lowest BCUT2D eigenvalue weighted by atomic mass is 9.98. The molecular weight excluding hydrogens is 229 g/mol. The average Bonchev–Trinajstić information content (AvgIpc) is 3.22. The van der Waals surface area contributed by atoms with Crippen molar-refractivity contribution in [1.82, 2.24) is 5.32 Å². The van der Waals surface area contributed by atoms with E-state index in [2.05, 4.69) is 5.32 Å². The second-order valence-corrected chi connectivity index (χ2v) is 5.74. The summed E-state index contributed by atoms with van der Waals surface area (Å²) in [7, 11) is 0. The van der Waals surface area contributed by atoms with Crippen LogP contribution in [-0.4, -0.2) is 11.7 Å². The van der Waals surface area contributed by atoms with Gasteiger partial charge in [-0.25, -0.2) is 4.39 Å². The highest BCUT2D eigenvalue weighted by atomic mass is 19.1. The molecule has 3 heteroatoms. The highest BCUT2D eigenvalue weighted by Crippen LogP contribution is 2.48. The minimum atomic E-state index is -0.287. The van der Waals surface area contributed by atoms with Gasteiger partial charge in [0.05, 0.1) is 0 Å². The van der Waals surface area contributed by atoms with Gasteiger partial charge in [-0.1, -0.05) is 0 Å². The van der Waals surface area contributed by atoms with Crippen molar-refractivity contribution in [2.45, 2.75) is 32.2 Å². The lowest BCUT2D eigenvalue weighted by molar-refractivity contribution is 0.376. The normalized spacial score (nSPS) is 19.4. The quantitative estimate of drug-likeness (QED) is 0.812. The number of halogens is 1. The molecular formula is C15H20FNO. The van der Waals surface area contributed by atoms with E-state index in [0.29, 0.717) is 12.1 Å². The van der Waals surface area contributed by atoms with Gasteiger partial charge in [-0.15, -0.1) is 0 Å². The van der Waals surface area contributed by atoms with E-state index in [9.17, 15) is 9.50 Å². The SMILES string of the molecule is Oc1ccc(F)cc1CNCC(C1CC1)C1CC1. The van der Waals surface area contributed by atoms with Gasteiger partial charge < -0.3 is 10.4 Å². The Kier molecular flexibility index (Phi) is 3.25. The Morgan fingerprint density at radius 2 is 1.89 bits per heavy atom. The molecule has 0 aromatic heterocycles. The van der Waals surface area contributed by atoms with E-state index in [1.54, 1.807) is 0 Å². The molecule has 0 radical (unpaired) electrons. The summed E-state index contributed by atoms with van der Waals surface area (Å²) in [5, 5.41) is 13.0. The number of nitrogens with one attached hydrogen (secondary N) is 1. The Labute approximate surface area is 107 Å². The van der Waals surface area contributed by atoms with Gasteiger partial charge in [0.25, 0.3) is 0 Å². The molecule has 0 unspecified atom stereocenters. The lowest BCUT2D eigenvalue weighted by Crippen LogP contribution is -2.25. The van der Waals surface area contributed by atoms with E-state index in [1.807, 2.05) is 0 Å². The maximum absolute atomic E-state index is 13.1. The monoisotopic (exact) mass is 249 g/mol. The Hall–Kier alpha value is -1.09. The van der Waals surface area contributed by atoms with E-state index in [-0.39, 0.29) is 11.6 Å². The summed E-state index contributed by atoms with van der Waals surface area (Å²) in [6.07, 6.45) is 5.53. The predicted octanol–water partition coefficient (Wildman–Crippen LogP) is 3.06. The number of aromatic hydroxyl groups is 1. The Bertz CT molecular complexity index is 415. The maximum atomic E-state index is 13.1. The van der Waals surface area contributed by atoms with Crippen LogP contribution in [0.3, 0.4) is 0 Å². The number of phenols is 1. The fourth-order valence-corrected chi connectivity index (χ4v) is 2.84. The third kappa shape index (κ3) is 2.83. The van der Waals surface area contributed by atoms with Gasteiger partial charge >= 0.3 is 0 Å². The largest absolute Gasteiger partial charge is 0.508 e. The summed E-state index contributed by atoms with van der Waals surface area (Å²) in [5.74, 6) is 2.54. The summed E-state index contributed by atoms with van der Waals surface area (Å²) in [4.78, 5) is 0. The van der Waals surface area contributed by atoms with Crippen LogP contribution in [0.2, 0.25) is 0 Å². The number of benzene rings is 1. The summed E-state index contributed by atoms with van der Waals surface area (Å²) in [6.45, 7) is 1.56. The topological polar surface area (TPSA) is 32.3 Å². The smallest absolute Gasteiger partial charge is 0.123 e. The summed E-state index contributed by atoms with van der Waals surface area (Å²) >= 11 is 0. The summed E-state index contributed by atoms with van der Waals surface area (Å²) in [5.41, 5.74) is 0.653. The van der Waals surface area contributed by atoms with Gasteiger partial charge in [0.15, 0.2) is 0 Å². The number of hydrogen-bond acceptors (Lipinski definition) is 2. The van der Waals surface area contributed by atoms with Crippen molar-refractivity contribution in [2.24, 2.45) is 17.8 Å². The van der Waals surface area contributed by atoms with Gasteiger partial charge in [-0.05, 0) is 68.2 Å². The molecule has 0 atom stereocenters. The van der Waals surface area contributed by atoms with Crippen LogP contribution in [0, 0.1) is 23.6 Å². The van der Waals surface area contributed by atoms with Gasteiger partial charge in [-0.2, -0.15) is 0 Å². The van der Waals surface area contributed by atoms with E-state index in [0.717, 1.165) is 24.3 Å².